The molecule has 1 heterocycles. The van der Waals surface area contributed by atoms with Crippen molar-refractivity contribution in [1.82, 2.24) is 4.57 Å². The van der Waals surface area contributed by atoms with E-state index in [0.29, 0.717) is 17.9 Å². The lowest BCUT2D eigenvalue weighted by molar-refractivity contribution is 0.350. The SMILES string of the molecule is COc1ccc(C#CCO)c(Cn2cccc(C)c2=O)c1. The lowest BCUT2D eigenvalue weighted by atomic mass is 10.1. The van der Waals surface area contributed by atoms with E-state index in [4.69, 9.17) is 9.84 Å². The van der Waals surface area contributed by atoms with Crippen LogP contribution >= 0.6 is 0 Å². The molecule has 0 fully saturated rings. The Morgan fingerprint density at radius 2 is 2.14 bits per heavy atom. The third-order valence-corrected chi connectivity index (χ3v) is 3.17. The van der Waals surface area contributed by atoms with Gasteiger partial charge in [-0.05, 0) is 36.8 Å². The molecule has 1 aromatic carbocycles. The largest absolute Gasteiger partial charge is 0.497 e. The number of nitrogens with zero attached hydrogens (tertiary/aromatic N) is 1. The van der Waals surface area contributed by atoms with Crippen LogP contribution < -0.4 is 10.3 Å². The fourth-order valence-electron chi connectivity index (χ4n) is 2.05. The number of benzene rings is 1. The zero-order valence-corrected chi connectivity index (χ0v) is 12.1. The van der Waals surface area contributed by atoms with Crippen LogP contribution in [0.5, 0.6) is 5.75 Å². The van der Waals surface area contributed by atoms with Crippen LogP contribution in [0.1, 0.15) is 16.7 Å². The summed E-state index contributed by atoms with van der Waals surface area (Å²) < 4.78 is 6.85. The average molecular weight is 283 g/mol. The van der Waals surface area contributed by atoms with Crippen molar-refractivity contribution in [3.8, 4) is 17.6 Å². The number of aryl methyl sites for hydroxylation is 1. The van der Waals surface area contributed by atoms with Crippen LogP contribution in [0.3, 0.4) is 0 Å². The minimum atomic E-state index is -0.199. The highest BCUT2D eigenvalue weighted by atomic mass is 16.5. The normalized spacial score (nSPS) is 9.86. The summed E-state index contributed by atoms with van der Waals surface area (Å²) in [5.74, 6) is 6.24. The second-order valence-electron chi connectivity index (χ2n) is 4.61. The highest BCUT2D eigenvalue weighted by molar-refractivity contribution is 5.45. The van der Waals surface area contributed by atoms with Gasteiger partial charge in [-0.2, -0.15) is 0 Å². The average Bonchev–Trinajstić information content (AvgIpc) is 2.50. The molecule has 1 aromatic heterocycles. The first-order valence-corrected chi connectivity index (χ1v) is 6.58. The molecule has 1 N–H and O–H groups in total. The van der Waals surface area contributed by atoms with Gasteiger partial charge in [0.15, 0.2) is 0 Å². The summed E-state index contributed by atoms with van der Waals surface area (Å²) in [5, 5.41) is 8.84. The molecule has 0 aliphatic carbocycles. The zero-order chi connectivity index (χ0) is 15.2. The summed E-state index contributed by atoms with van der Waals surface area (Å²) in [7, 11) is 1.59. The Morgan fingerprint density at radius 3 is 2.86 bits per heavy atom. The maximum atomic E-state index is 12.1. The number of aliphatic hydroxyl groups excluding tert-OH is 1. The Balaban J connectivity index is 2.46. The number of aliphatic hydroxyl groups is 1. The molecule has 0 spiro atoms. The number of hydrogen-bond donors (Lipinski definition) is 1. The highest BCUT2D eigenvalue weighted by Crippen LogP contribution is 2.18. The molecule has 4 heteroatoms. The lowest BCUT2D eigenvalue weighted by Gasteiger charge is -2.10. The van der Waals surface area contributed by atoms with E-state index in [0.717, 1.165) is 11.1 Å². The number of ether oxygens (including phenoxy) is 1. The van der Waals surface area contributed by atoms with Gasteiger partial charge in [-0.25, -0.2) is 0 Å². The van der Waals surface area contributed by atoms with Gasteiger partial charge < -0.3 is 14.4 Å². The zero-order valence-electron chi connectivity index (χ0n) is 12.1. The van der Waals surface area contributed by atoms with Crippen molar-refractivity contribution in [2.24, 2.45) is 0 Å². The molecule has 0 unspecified atom stereocenters. The van der Waals surface area contributed by atoms with Crippen LogP contribution in [0.4, 0.5) is 0 Å². The van der Waals surface area contributed by atoms with Crippen LogP contribution in [0.15, 0.2) is 41.3 Å². The Morgan fingerprint density at radius 1 is 1.33 bits per heavy atom. The van der Waals surface area contributed by atoms with Gasteiger partial charge >= 0.3 is 0 Å². The molecule has 0 amide bonds. The quantitative estimate of drug-likeness (QED) is 0.870. The molecule has 0 bridgehead atoms. The summed E-state index contributed by atoms with van der Waals surface area (Å²) in [4.78, 5) is 12.1. The second-order valence-corrected chi connectivity index (χ2v) is 4.61. The van der Waals surface area contributed by atoms with E-state index in [1.807, 2.05) is 24.3 Å². The van der Waals surface area contributed by atoms with Gasteiger partial charge in [-0.1, -0.05) is 17.9 Å². The van der Waals surface area contributed by atoms with Crippen molar-refractivity contribution in [1.29, 1.82) is 0 Å². The van der Waals surface area contributed by atoms with Gasteiger partial charge in [0.05, 0.1) is 13.7 Å². The number of methoxy groups -OCH3 is 1. The van der Waals surface area contributed by atoms with E-state index in [1.54, 1.807) is 30.9 Å². The first-order chi connectivity index (χ1) is 10.2. The molecule has 0 saturated carbocycles. The molecule has 2 aromatic rings. The maximum Gasteiger partial charge on any atom is 0.253 e. The lowest BCUT2D eigenvalue weighted by Crippen LogP contribution is -2.22. The molecule has 2 rings (SSSR count). The molecule has 21 heavy (non-hydrogen) atoms. The standard InChI is InChI=1S/C17H17NO3/c1-13-5-3-9-18(17(13)20)12-15-11-16(21-2)8-7-14(15)6-4-10-19/h3,5,7-9,11,19H,10,12H2,1-2H3. The molecule has 0 radical (unpaired) electrons. The van der Waals surface area contributed by atoms with Crippen molar-refractivity contribution in [3.05, 3.63) is 63.6 Å². The van der Waals surface area contributed by atoms with E-state index in [-0.39, 0.29) is 12.2 Å². The predicted molar refractivity (Wildman–Crippen MR) is 81.5 cm³/mol. The van der Waals surface area contributed by atoms with E-state index in [1.165, 1.54) is 0 Å². The maximum absolute atomic E-state index is 12.1. The monoisotopic (exact) mass is 283 g/mol. The number of hydrogen-bond acceptors (Lipinski definition) is 3. The summed E-state index contributed by atoms with van der Waals surface area (Å²) >= 11 is 0. The van der Waals surface area contributed by atoms with Crippen molar-refractivity contribution >= 4 is 0 Å². The van der Waals surface area contributed by atoms with Gasteiger partial charge in [-0.3, -0.25) is 4.79 Å². The van der Waals surface area contributed by atoms with Crippen LogP contribution in [-0.4, -0.2) is 23.4 Å². The first kappa shape index (κ1) is 14.9. The number of rotatable bonds is 3. The molecular formula is C17H17NO3. The smallest absolute Gasteiger partial charge is 0.253 e. The first-order valence-electron chi connectivity index (χ1n) is 6.58. The number of pyridine rings is 1. The van der Waals surface area contributed by atoms with Crippen molar-refractivity contribution in [2.75, 3.05) is 13.7 Å². The fraction of sp³-hybridized carbons (Fsp3) is 0.235. The second kappa shape index (κ2) is 6.78. The predicted octanol–water partition coefficient (Wildman–Crippen LogP) is 1.56. The Labute approximate surface area is 123 Å². The van der Waals surface area contributed by atoms with Crippen molar-refractivity contribution in [2.45, 2.75) is 13.5 Å². The molecular weight excluding hydrogens is 266 g/mol. The topological polar surface area (TPSA) is 51.5 Å². The van der Waals surface area contributed by atoms with Crippen LogP contribution in [0.2, 0.25) is 0 Å². The van der Waals surface area contributed by atoms with Crippen LogP contribution in [0.25, 0.3) is 0 Å². The molecule has 108 valence electrons. The minimum Gasteiger partial charge on any atom is -0.497 e. The summed E-state index contributed by atoms with van der Waals surface area (Å²) in [5.41, 5.74) is 2.33. The van der Waals surface area contributed by atoms with Gasteiger partial charge in [-0.15, -0.1) is 0 Å². The van der Waals surface area contributed by atoms with Gasteiger partial charge in [0, 0.05) is 17.3 Å². The van der Waals surface area contributed by atoms with Crippen molar-refractivity contribution in [3.63, 3.8) is 0 Å². The fourth-order valence-corrected chi connectivity index (χ4v) is 2.05. The third kappa shape index (κ3) is 3.53. The molecule has 0 saturated heterocycles. The van der Waals surface area contributed by atoms with Gasteiger partial charge in [0.2, 0.25) is 0 Å². The molecule has 0 aliphatic heterocycles. The van der Waals surface area contributed by atoms with Gasteiger partial charge in [0.1, 0.15) is 12.4 Å². The number of aromatic nitrogens is 1. The molecule has 0 aliphatic rings. The summed E-state index contributed by atoms with van der Waals surface area (Å²) in [6.45, 7) is 2.00. The third-order valence-electron chi connectivity index (χ3n) is 3.17. The Hall–Kier alpha value is -2.51. The molecule has 0 atom stereocenters. The van der Waals surface area contributed by atoms with Crippen LogP contribution in [0, 0.1) is 18.8 Å². The van der Waals surface area contributed by atoms with Crippen LogP contribution in [-0.2, 0) is 6.54 Å². The van der Waals surface area contributed by atoms with E-state index >= 15 is 0 Å². The van der Waals surface area contributed by atoms with E-state index in [2.05, 4.69) is 11.8 Å². The van der Waals surface area contributed by atoms with Gasteiger partial charge in [0.25, 0.3) is 5.56 Å². The van der Waals surface area contributed by atoms with E-state index in [9.17, 15) is 4.79 Å². The van der Waals surface area contributed by atoms with E-state index < -0.39 is 0 Å². The molecule has 4 nitrogen and oxygen atoms in total. The summed E-state index contributed by atoms with van der Waals surface area (Å²) in [6, 6.07) is 9.13. The summed E-state index contributed by atoms with van der Waals surface area (Å²) in [6.07, 6.45) is 1.75. The minimum absolute atomic E-state index is 0.0265. The highest BCUT2D eigenvalue weighted by Gasteiger charge is 2.06. The Kier molecular flexibility index (Phi) is 4.81. The Bertz CT molecular complexity index is 751. The van der Waals surface area contributed by atoms with Crippen molar-refractivity contribution < 1.29 is 9.84 Å².